The normalized spacial score (nSPS) is 27.8. The largest absolute Gasteiger partial charge is 0.478 e. The molecule has 1 aliphatic carbocycles. The summed E-state index contributed by atoms with van der Waals surface area (Å²) in [6, 6.07) is 0.0258. The van der Waals surface area contributed by atoms with Crippen LogP contribution in [-0.4, -0.2) is 75.8 Å². The van der Waals surface area contributed by atoms with Gasteiger partial charge in [-0.05, 0) is 25.2 Å². The molecule has 0 spiro atoms. The molecular weight excluding hydrogens is 370 g/mol. The first-order chi connectivity index (χ1) is 12.8. The first-order valence-electron chi connectivity index (χ1n) is 9.32. The van der Waals surface area contributed by atoms with Crippen molar-refractivity contribution in [1.29, 1.82) is 0 Å². The van der Waals surface area contributed by atoms with Gasteiger partial charge in [0, 0.05) is 25.7 Å². The molecule has 3 unspecified atom stereocenters. The number of morpholine rings is 1. The summed E-state index contributed by atoms with van der Waals surface area (Å²) in [4.78, 5) is 4.59. The smallest absolute Gasteiger partial charge is 0.234 e. The second kappa shape index (κ2) is 8.17. The number of primary sulfonamides is 1. The molecule has 0 aromatic carbocycles. The lowest BCUT2D eigenvalue weighted by atomic mass is 9.99. The Balaban J connectivity index is 1.64. The van der Waals surface area contributed by atoms with Gasteiger partial charge in [-0.15, -0.1) is 5.10 Å². The Kier molecular flexibility index (Phi) is 6.09. The highest BCUT2D eigenvalue weighted by Crippen LogP contribution is 2.34. The van der Waals surface area contributed by atoms with Crippen molar-refractivity contribution in [3.63, 3.8) is 0 Å². The highest BCUT2D eigenvalue weighted by Gasteiger charge is 2.42. The number of fused-ring (bicyclic) bond motifs is 2. The predicted octanol–water partition coefficient (Wildman–Crippen LogP) is 0.137. The molecule has 0 aromatic rings. The van der Waals surface area contributed by atoms with E-state index in [-0.39, 0.29) is 29.7 Å². The average Bonchev–Trinajstić information content (AvgIpc) is 2.64. The molecule has 152 valence electrons. The van der Waals surface area contributed by atoms with Crippen LogP contribution in [0.3, 0.4) is 0 Å². The first-order valence-corrected chi connectivity index (χ1v) is 10.9. The van der Waals surface area contributed by atoms with Gasteiger partial charge in [0.1, 0.15) is 12.7 Å². The van der Waals surface area contributed by atoms with Gasteiger partial charge in [-0.2, -0.15) is 0 Å². The maximum Gasteiger partial charge on any atom is 0.234 e. The Morgan fingerprint density at radius 3 is 2.78 bits per heavy atom. The van der Waals surface area contributed by atoms with E-state index in [1.54, 1.807) is 12.2 Å². The average molecular weight is 400 g/mol. The van der Waals surface area contributed by atoms with E-state index in [0.29, 0.717) is 18.9 Å². The zero-order valence-corrected chi connectivity index (χ0v) is 16.9. The van der Waals surface area contributed by atoms with Gasteiger partial charge >= 0.3 is 0 Å². The number of hydrogen-bond acceptors (Lipinski definition) is 8. The fourth-order valence-corrected chi connectivity index (χ4v) is 4.26. The van der Waals surface area contributed by atoms with E-state index in [1.807, 2.05) is 7.05 Å². The lowest BCUT2D eigenvalue weighted by molar-refractivity contribution is -0.102. The molecular formula is C17H29N5O4S. The van der Waals surface area contributed by atoms with Crippen LogP contribution < -0.4 is 10.6 Å². The van der Waals surface area contributed by atoms with Crippen molar-refractivity contribution in [1.82, 2.24) is 15.2 Å². The van der Waals surface area contributed by atoms with E-state index in [0.717, 1.165) is 25.3 Å². The minimum Gasteiger partial charge on any atom is -0.478 e. The van der Waals surface area contributed by atoms with Crippen LogP contribution in [0.4, 0.5) is 0 Å². The maximum absolute atomic E-state index is 11.6. The molecule has 2 heterocycles. The van der Waals surface area contributed by atoms with E-state index in [1.165, 1.54) is 0 Å². The van der Waals surface area contributed by atoms with Crippen molar-refractivity contribution < 1.29 is 17.9 Å². The Labute approximate surface area is 160 Å². The molecule has 0 aromatic heterocycles. The molecule has 27 heavy (non-hydrogen) atoms. The van der Waals surface area contributed by atoms with Crippen LogP contribution in [0.1, 0.15) is 26.7 Å². The molecule has 2 aliphatic heterocycles. The summed E-state index contributed by atoms with van der Waals surface area (Å²) in [5.74, 6) is 0.662. The second-order valence-electron chi connectivity index (χ2n) is 6.91. The van der Waals surface area contributed by atoms with Gasteiger partial charge in [0.25, 0.3) is 0 Å². The number of nitrogens with one attached hydrogen (secondary N) is 1. The summed E-state index contributed by atoms with van der Waals surface area (Å²) in [6.45, 7) is 7.71. The quantitative estimate of drug-likeness (QED) is 0.654. The van der Waals surface area contributed by atoms with E-state index < -0.39 is 10.0 Å². The SMILES string of the molecule is CCN(CC)CCOC1=NNC2OC3CC(S(N)(=O)=O)=CC=C3N(C)C2C1. The summed E-state index contributed by atoms with van der Waals surface area (Å²) >= 11 is 0. The third kappa shape index (κ3) is 4.45. The number of nitrogens with zero attached hydrogens (tertiary/aromatic N) is 3. The van der Waals surface area contributed by atoms with Gasteiger partial charge in [0.15, 0.2) is 6.23 Å². The van der Waals surface area contributed by atoms with Crippen LogP contribution >= 0.6 is 0 Å². The third-order valence-electron chi connectivity index (χ3n) is 5.36. The lowest BCUT2D eigenvalue weighted by Gasteiger charge is -2.47. The van der Waals surface area contributed by atoms with Crippen LogP contribution in [0.25, 0.3) is 0 Å². The molecule has 3 rings (SSSR count). The summed E-state index contributed by atoms with van der Waals surface area (Å²) < 4.78 is 35.1. The summed E-state index contributed by atoms with van der Waals surface area (Å²) in [7, 11) is -1.73. The van der Waals surface area contributed by atoms with E-state index >= 15 is 0 Å². The van der Waals surface area contributed by atoms with Gasteiger partial charge < -0.3 is 19.3 Å². The highest BCUT2D eigenvalue weighted by atomic mass is 32.2. The van der Waals surface area contributed by atoms with E-state index in [9.17, 15) is 8.42 Å². The van der Waals surface area contributed by atoms with Crippen molar-refractivity contribution in [3.05, 3.63) is 22.8 Å². The molecule has 0 saturated carbocycles. The molecule has 1 fully saturated rings. The van der Waals surface area contributed by atoms with Crippen LogP contribution in [-0.2, 0) is 19.5 Å². The Morgan fingerprint density at radius 1 is 1.37 bits per heavy atom. The molecule has 3 aliphatic rings. The van der Waals surface area contributed by atoms with Crippen LogP contribution in [0, 0.1) is 0 Å². The van der Waals surface area contributed by atoms with Gasteiger partial charge in [0.05, 0.1) is 17.4 Å². The van der Waals surface area contributed by atoms with Gasteiger partial charge in [0.2, 0.25) is 15.9 Å². The summed E-state index contributed by atoms with van der Waals surface area (Å²) in [5, 5.41) is 9.55. The van der Waals surface area contributed by atoms with Crippen molar-refractivity contribution in [2.24, 2.45) is 10.2 Å². The minimum atomic E-state index is -3.71. The van der Waals surface area contributed by atoms with Crippen molar-refractivity contribution >= 4 is 15.9 Å². The second-order valence-corrected chi connectivity index (χ2v) is 8.53. The highest BCUT2D eigenvalue weighted by molar-refractivity contribution is 7.93. The zero-order chi connectivity index (χ0) is 19.6. The van der Waals surface area contributed by atoms with Crippen molar-refractivity contribution in [2.75, 3.05) is 33.3 Å². The number of ether oxygens (including phenoxy) is 2. The predicted molar refractivity (Wildman–Crippen MR) is 103 cm³/mol. The number of sulfonamides is 1. The van der Waals surface area contributed by atoms with Gasteiger partial charge in [-0.3, -0.25) is 5.43 Å². The summed E-state index contributed by atoms with van der Waals surface area (Å²) in [6.07, 6.45) is 3.51. The fraction of sp³-hybridized carbons (Fsp3) is 0.706. The maximum atomic E-state index is 11.6. The number of hydrogen-bond donors (Lipinski definition) is 2. The molecule has 0 bridgehead atoms. The van der Waals surface area contributed by atoms with Crippen molar-refractivity contribution in [2.45, 2.75) is 45.1 Å². The number of likely N-dealkylation sites (N-methyl/N-ethyl adjacent to an activating group) is 2. The molecule has 9 nitrogen and oxygen atoms in total. The van der Waals surface area contributed by atoms with E-state index in [4.69, 9.17) is 14.6 Å². The standard InChI is InChI=1S/C17H29N5O4S/c1-4-22(5-2)8-9-25-16-11-14-17(20-19-16)26-15-10-12(27(18,23)24)6-7-13(15)21(14)3/h6-7,14-15,17,20H,4-5,8-11H2,1-3H3,(H2,18,23,24). The number of hydrazone groups is 1. The third-order valence-corrected chi connectivity index (χ3v) is 6.39. The zero-order valence-electron chi connectivity index (χ0n) is 16.1. The van der Waals surface area contributed by atoms with Crippen LogP contribution in [0.5, 0.6) is 0 Å². The molecule has 3 N–H and O–H groups in total. The topological polar surface area (TPSA) is 109 Å². The van der Waals surface area contributed by atoms with E-state index in [2.05, 4.69) is 34.2 Å². The molecule has 3 atom stereocenters. The Hall–Kier alpha value is -1.62. The number of allylic oxidation sites excluding steroid dienone is 2. The van der Waals surface area contributed by atoms with Crippen LogP contribution in [0.15, 0.2) is 27.9 Å². The molecule has 0 amide bonds. The van der Waals surface area contributed by atoms with Crippen molar-refractivity contribution in [3.8, 4) is 0 Å². The Morgan fingerprint density at radius 2 is 2.11 bits per heavy atom. The fourth-order valence-electron chi connectivity index (χ4n) is 3.62. The minimum absolute atomic E-state index is 0.0258. The summed E-state index contributed by atoms with van der Waals surface area (Å²) in [5.41, 5.74) is 3.95. The van der Waals surface area contributed by atoms with Gasteiger partial charge in [-0.1, -0.05) is 13.8 Å². The first kappa shape index (κ1) is 20.1. The van der Waals surface area contributed by atoms with Crippen LogP contribution in [0.2, 0.25) is 0 Å². The molecule has 0 radical (unpaired) electrons. The monoisotopic (exact) mass is 399 g/mol. The molecule has 1 saturated heterocycles. The number of nitrogens with two attached hydrogens (primary N) is 1. The number of rotatable bonds is 6. The lowest BCUT2D eigenvalue weighted by Crippen LogP contribution is -2.59. The Bertz CT molecular complexity index is 744. The van der Waals surface area contributed by atoms with Gasteiger partial charge in [-0.25, -0.2) is 13.6 Å². The molecule has 10 heteroatoms.